The number of aromatic nitrogens is 4. The Hall–Kier alpha value is -2.41. The standard InChI is InChI=1S/C16H18ClN5O2/c1-3-24-16(23)21-9-6-12(7-10-21)14-11(2)22(20-19-14)13-5-4-8-18-15(13)17/h4-6,8H,3,7,9-10H2,1-2H3. The van der Waals surface area contributed by atoms with Gasteiger partial charge in [-0.3, -0.25) is 0 Å². The molecule has 0 aliphatic carbocycles. The molecule has 126 valence electrons. The summed E-state index contributed by atoms with van der Waals surface area (Å²) in [4.78, 5) is 17.5. The lowest BCUT2D eigenvalue weighted by Crippen LogP contribution is -2.35. The lowest BCUT2D eigenvalue weighted by molar-refractivity contribution is 0.111. The number of ether oxygens (including phenoxy) is 1. The molecule has 3 rings (SSSR count). The van der Waals surface area contributed by atoms with Gasteiger partial charge in [-0.2, -0.15) is 0 Å². The number of hydrogen-bond donors (Lipinski definition) is 0. The zero-order valence-electron chi connectivity index (χ0n) is 13.6. The van der Waals surface area contributed by atoms with Gasteiger partial charge in [0.2, 0.25) is 0 Å². The van der Waals surface area contributed by atoms with Crippen molar-refractivity contribution in [3.8, 4) is 5.69 Å². The van der Waals surface area contributed by atoms with Crippen LogP contribution in [0.25, 0.3) is 11.3 Å². The van der Waals surface area contributed by atoms with E-state index < -0.39 is 0 Å². The van der Waals surface area contributed by atoms with E-state index in [1.54, 1.807) is 28.8 Å². The Bertz CT molecular complexity index is 787. The maximum atomic E-state index is 11.8. The number of hydrogen-bond acceptors (Lipinski definition) is 5. The topological polar surface area (TPSA) is 73.1 Å². The fourth-order valence-electron chi connectivity index (χ4n) is 2.65. The number of pyridine rings is 1. The highest BCUT2D eigenvalue weighted by Gasteiger charge is 2.22. The highest BCUT2D eigenvalue weighted by atomic mass is 35.5. The first-order valence-electron chi connectivity index (χ1n) is 7.76. The Morgan fingerprint density at radius 2 is 2.29 bits per heavy atom. The Kier molecular flexibility index (Phi) is 4.80. The molecule has 0 spiro atoms. The van der Waals surface area contributed by atoms with Crippen LogP contribution in [0, 0.1) is 6.92 Å². The van der Waals surface area contributed by atoms with Crippen LogP contribution in [0.15, 0.2) is 24.4 Å². The summed E-state index contributed by atoms with van der Waals surface area (Å²) in [6, 6.07) is 3.65. The van der Waals surface area contributed by atoms with Gasteiger partial charge in [0, 0.05) is 19.3 Å². The monoisotopic (exact) mass is 347 g/mol. The van der Waals surface area contributed by atoms with Gasteiger partial charge < -0.3 is 9.64 Å². The van der Waals surface area contributed by atoms with Crippen LogP contribution in [-0.2, 0) is 4.74 Å². The van der Waals surface area contributed by atoms with E-state index >= 15 is 0 Å². The molecule has 0 aromatic carbocycles. The van der Waals surface area contributed by atoms with Crippen molar-refractivity contribution in [1.82, 2.24) is 24.9 Å². The van der Waals surface area contributed by atoms with Crippen molar-refractivity contribution in [2.75, 3.05) is 19.7 Å². The summed E-state index contributed by atoms with van der Waals surface area (Å²) < 4.78 is 6.71. The molecule has 7 nitrogen and oxygen atoms in total. The minimum atomic E-state index is -0.282. The quantitative estimate of drug-likeness (QED) is 0.798. The molecule has 0 N–H and O–H groups in total. The SMILES string of the molecule is CCOC(=O)N1CC=C(c2nnn(-c3cccnc3Cl)c2C)CC1. The van der Waals surface area contributed by atoms with E-state index in [1.807, 2.05) is 19.1 Å². The molecule has 3 heterocycles. The van der Waals surface area contributed by atoms with Crippen LogP contribution in [0.3, 0.4) is 0 Å². The number of carbonyl (C=O) groups excluding carboxylic acids is 1. The predicted octanol–water partition coefficient (Wildman–Crippen LogP) is 2.87. The lowest BCUT2D eigenvalue weighted by Gasteiger charge is -2.25. The molecule has 1 aliphatic rings. The number of amides is 1. The van der Waals surface area contributed by atoms with Crippen LogP contribution < -0.4 is 0 Å². The van der Waals surface area contributed by atoms with Gasteiger partial charge in [0.1, 0.15) is 11.4 Å². The highest BCUT2D eigenvalue weighted by Crippen LogP contribution is 2.26. The molecule has 1 amide bonds. The van der Waals surface area contributed by atoms with E-state index in [0.717, 1.165) is 17.0 Å². The van der Waals surface area contributed by atoms with Crippen LogP contribution in [0.2, 0.25) is 5.15 Å². The number of halogens is 1. The van der Waals surface area contributed by atoms with Crippen LogP contribution in [0.5, 0.6) is 0 Å². The summed E-state index contributed by atoms with van der Waals surface area (Å²) in [6.07, 6.45) is 4.05. The summed E-state index contributed by atoms with van der Waals surface area (Å²) in [5, 5.41) is 8.87. The van der Waals surface area contributed by atoms with E-state index in [0.29, 0.717) is 37.0 Å². The van der Waals surface area contributed by atoms with Crippen molar-refractivity contribution < 1.29 is 9.53 Å². The first-order chi connectivity index (χ1) is 11.6. The van der Waals surface area contributed by atoms with Gasteiger partial charge in [0.25, 0.3) is 0 Å². The number of nitrogens with zero attached hydrogens (tertiary/aromatic N) is 5. The molecule has 0 saturated heterocycles. The van der Waals surface area contributed by atoms with E-state index in [1.165, 1.54) is 0 Å². The third-order valence-corrected chi connectivity index (χ3v) is 4.19. The van der Waals surface area contributed by atoms with Gasteiger partial charge in [-0.1, -0.05) is 22.9 Å². The van der Waals surface area contributed by atoms with Gasteiger partial charge in [-0.25, -0.2) is 14.5 Å². The summed E-state index contributed by atoms with van der Waals surface area (Å²) in [5.74, 6) is 0. The molecule has 0 radical (unpaired) electrons. The molecule has 8 heteroatoms. The van der Waals surface area contributed by atoms with Crippen molar-refractivity contribution in [3.05, 3.63) is 40.9 Å². The zero-order chi connectivity index (χ0) is 17.1. The number of carbonyl (C=O) groups is 1. The van der Waals surface area contributed by atoms with Crippen molar-refractivity contribution in [2.45, 2.75) is 20.3 Å². The molecule has 0 saturated carbocycles. The highest BCUT2D eigenvalue weighted by molar-refractivity contribution is 6.31. The molecule has 2 aromatic rings. The largest absolute Gasteiger partial charge is 0.450 e. The molecule has 0 unspecified atom stereocenters. The molecule has 0 fully saturated rings. The summed E-state index contributed by atoms with van der Waals surface area (Å²) >= 11 is 6.14. The van der Waals surface area contributed by atoms with E-state index in [4.69, 9.17) is 16.3 Å². The van der Waals surface area contributed by atoms with Crippen molar-refractivity contribution in [3.63, 3.8) is 0 Å². The third-order valence-electron chi connectivity index (χ3n) is 3.90. The lowest BCUT2D eigenvalue weighted by atomic mass is 10.0. The van der Waals surface area contributed by atoms with Crippen molar-refractivity contribution >= 4 is 23.3 Å². The average Bonchev–Trinajstić information content (AvgIpc) is 2.97. The molecule has 2 aromatic heterocycles. The predicted molar refractivity (Wildman–Crippen MR) is 90.1 cm³/mol. The van der Waals surface area contributed by atoms with Gasteiger partial charge in [-0.05, 0) is 38.0 Å². The zero-order valence-corrected chi connectivity index (χ0v) is 14.3. The summed E-state index contributed by atoms with van der Waals surface area (Å²) in [7, 11) is 0. The maximum Gasteiger partial charge on any atom is 0.410 e. The fourth-order valence-corrected chi connectivity index (χ4v) is 2.85. The second kappa shape index (κ2) is 7.00. The second-order valence-corrected chi connectivity index (χ2v) is 5.73. The van der Waals surface area contributed by atoms with Crippen LogP contribution in [0.4, 0.5) is 4.79 Å². The van der Waals surface area contributed by atoms with Crippen molar-refractivity contribution in [1.29, 1.82) is 0 Å². The smallest absolute Gasteiger partial charge is 0.410 e. The van der Waals surface area contributed by atoms with E-state index in [9.17, 15) is 4.79 Å². The van der Waals surface area contributed by atoms with Crippen LogP contribution >= 0.6 is 11.6 Å². The van der Waals surface area contributed by atoms with Gasteiger partial charge in [0.05, 0.1) is 12.3 Å². The van der Waals surface area contributed by atoms with Crippen LogP contribution in [-0.4, -0.2) is 50.7 Å². The molecule has 0 atom stereocenters. The van der Waals surface area contributed by atoms with Gasteiger partial charge >= 0.3 is 6.09 Å². The maximum absolute atomic E-state index is 11.8. The average molecular weight is 348 g/mol. The minimum Gasteiger partial charge on any atom is -0.450 e. The summed E-state index contributed by atoms with van der Waals surface area (Å²) in [6.45, 7) is 5.23. The van der Waals surface area contributed by atoms with E-state index in [2.05, 4.69) is 15.3 Å². The Balaban J connectivity index is 1.82. The fraction of sp³-hybridized carbons (Fsp3) is 0.375. The summed E-state index contributed by atoms with van der Waals surface area (Å²) in [5.41, 5.74) is 3.47. The Morgan fingerprint density at radius 3 is 2.96 bits per heavy atom. The molecule has 24 heavy (non-hydrogen) atoms. The first kappa shape index (κ1) is 16.4. The third kappa shape index (κ3) is 3.12. The normalized spacial score (nSPS) is 14.5. The Labute approximate surface area is 144 Å². The van der Waals surface area contributed by atoms with Gasteiger partial charge in [-0.15, -0.1) is 5.10 Å². The molecule has 0 bridgehead atoms. The Morgan fingerprint density at radius 1 is 1.46 bits per heavy atom. The molecular formula is C16H18ClN5O2. The van der Waals surface area contributed by atoms with Crippen LogP contribution in [0.1, 0.15) is 24.7 Å². The second-order valence-electron chi connectivity index (χ2n) is 5.37. The van der Waals surface area contributed by atoms with Crippen molar-refractivity contribution in [2.24, 2.45) is 0 Å². The van der Waals surface area contributed by atoms with Gasteiger partial charge in [0.15, 0.2) is 5.15 Å². The first-order valence-corrected chi connectivity index (χ1v) is 8.14. The molecular weight excluding hydrogens is 330 g/mol. The molecule has 1 aliphatic heterocycles. The minimum absolute atomic E-state index is 0.282. The van der Waals surface area contributed by atoms with E-state index in [-0.39, 0.29) is 6.09 Å². The number of rotatable bonds is 3.